The highest BCUT2D eigenvalue weighted by molar-refractivity contribution is 5.95. The molecule has 2 rings (SSSR count). The van der Waals surface area contributed by atoms with Crippen molar-refractivity contribution in [2.45, 2.75) is 13.0 Å². The smallest absolute Gasteiger partial charge is 0.254 e. The molecule has 0 radical (unpaired) electrons. The van der Waals surface area contributed by atoms with E-state index in [0.29, 0.717) is 37.4 Å². The van der Waals surface area contributed by atoms with E-state index < -0.39 is 0 Å². The Kier molecular flexibility index (Phi) is 3.84. The minimum Gasteiger partial charge on any atom is -0.508 e. The first-order valence-electron chi connectivity index (χ1n) is 6.02. The molecule has 0 aliphatic carbocycles. The van der Waals surface area contributed by atoms with Gasteiger partial charge in [-0.05, 0) is 30.7 Å². The predicted molar refractivity (Wildman–Crippen MR) is 67.5 cm³/mol. The van der Waals surface area contributed by atoms with E-state index in [2.05, 4.69) is 0 Å². The van der Waals surface area contributed by atoms with Crippen molar-refractivity contribution >= 4 is 5.91 Å². The Balaban J connectivity index is 2.21. The Labute approximate surface area is 106 Å². The molecule has 0 spiro atoms. The number of phenols is 1. The summed E-state index contributed by atoms with van der Waals surface area (Å²) in [5.74, 6) is 0.140. The maximum Gasteiger partial charge on any atom is 0.254 e. The summed E-state index contributed by atoms with van der Waals surface area (Å²) in [5.41, 5.74) is 6.92. The Hall–Kier alpha value is -1.59. The van der Waals surface area contributed by atoms with Gasteiger partial charge in [-0.2, -0.15) is 0 Å². The number of carbonyl (C=O) groups excluding carboxylic acids is 1. The van der Waals surface area contributed by atoms with Crippen LogP contribution in [0.5, 0.6) is 5.75 Å². The van der Waals surface area contributed by atoms with Crippen molar-refractivity contribution in [2.75, 3.05) is 26.3 Å². The molecule has 1 atom stereocenters. The van der Waals surface area contributed by atoms with E-state index in [-0.39, 0.29) is 17.7 Å². The number of nitrogens with two attached hydrogens (primary N) is 1. The summed E-state index contributed by atoms with van der Waals surface area (Å²) < 4.78 is 5.32. The number of hydrogen-bond acceptors (Lipinski definition) is 4. The molecule has 1 aliphatic heterocycles. The van der Waals surface area contributed by atoms with Crippen LogP contribution in [0.25, 0.3) is 0 Å². The molecule has 1 saturated heterocycles. The second kappa shape index (κ2) is 5.37. The van der Waals surface area contributed by atoms with Gasteiger partial charge in [-0.3, -0.25) is 4.79 Å². The molecule has 18 heavy (non-hydrogen) atoms. The third-order valence-corrected chi connectivity index (χ3v) is 3.20. The van der Waals surface area contributed by atoms with Crippen LogP contribution in [0.2, 0.25) is 0 Å². The molecule has 1 heterocycles. The highest BCUT2D eigenvalue weighted by Gasteiger charge is 2.27. The van der Waals surface area contributed by atoms with Crippen LogP contribution in [0, 0.1) is 6.92 Å². The summed E-state index contributed by atoms with van der Waals surface area (Å²) >= 11 is 0. The third kappa shape index (κ3) is 2.47. The van der Waals surface area contributed by atoms with Crippen LogP contribution in [0.15, 0.2) is 18.2 Å². The van der Waals surface area contributed by atoms with E-state index in [1.807, 2.05) is 0 Å². The molecule has 5 nitrogen and oxygen atoms in total. The molecule has 0 aromatic heterocycles. The van der Waals surface area contributed by atoms with Crippen LogP contribution in [0.4, 0.5) is 0 Å². The number of aromatic hydroxyl groups is 1. The summed E-state index contributed by atoms with van der Waals surface area (Å²) in [6, 6.07) is 4.80. The molecular weight excluding hydrogens is 232 g/mol. The average Bonchev–Trinajstić information content (AvgIpc) is 2.41. The monoisotopic (exact) mass is 250 g/mol. The molecule has 5 heteroatoms. The highest BCUT2D eigenvalue weighted by atomic mass is 16.5. The second-order valence-electron chi connectivity index (χ2n) is 4.46. The van der Waals surface area contributed by atoms with Gasteiger partial charge in [-0.25, -0.2) is 0 Å². The van der Waals surface area contributed by atoms with Crippen LogP contribution in [0.1, 0.15) is 15.9 Å². The summed E-state index contributed by atoms with van der Waals surface area (Å²) in [6.45, 7) is 3.74. The topological polar surface area (TPSA) is 75.8 Å². The van der Waals surface area contributed by atoms with Crippen molar-refractivity contribution in [1.29, 1.82) is 0 Å². The molecule has 1 fully saturated rings. The van der Waals surface area contributed by atoms with E-state index in [0.717, 1.165) is 0 Å². The SMILES string of the molecule is Cc1cc(C(=O)N2CCOCC2CN)ccc1O. The van der Waals surface area contributed by atoms with Gasteiger partial charge in [0.05, 0.1) is 19.3 Å². The van der Waals surface area contributed by atoms with Crippen molar-refractivity contribution in [1.82, 2.24) is 4.90 Å². The van der Waals surface area contributed by atoms with E-state index in [9.17, 15) is 9.90 Å². The fourth-order valence-electron chi connectivity index (χ4n) is 2.07. The molecule has 1 amide bonds. The van der Waals surface area contributed by atoms with Crippen molar-refractivity contribution in [2.24, 2.45) is 5.73 Å². The predicted octanol–water partition coefficient (Wildman–Crippen LogP) is 0.500. The maximum atomic E-state index is 12.4. The van der Waals surface area contributed by atoms with E-state index >= 15 is 0 Å². The number of phenolic OH excluding ortho intramolecular Hbond substituents is 1. The first-order valence-corrected chi connectivity index (χ1v) is 6.02. The zero-order valence-corrected chi connectivity index (χ0v) is 10.4. The lowest BCUT2D eigenvalue weighted by molar-refractivity contribution is 0.000834. The first-order chi connectivity index (χ1) is 8.63. The summed E-state index contributed by atoms with van der Waals surface area (Å²) in [5, 5.41) is 9.47. The third-order valence-electron chi connectivity index (χ3n) is 3.20. The molecule has 98 valence electrons. The van der Waals surface area contributed by atoms with Gasteiger partial charge >= 0.3 is 0 Å². The Morgan fingerprint density at radius 1 is 1.61 bits per heavy atom. The van der Waals surface area contributed by atoms with E-state index in [1.165, 1.54) is 0 Å². The van der Waals surface area contributed by atoms with E-state index in [4.69, 9.17) is 10.5 Å². The Morgan fingerprint density at radius 3 is 3.06 bits per heavy atom. The quantitative estimate of drug-likeness (QED) is 0.801. The summed E-state index contributed by atoms with van der Waals surface area (Å²) in [6.07, 6.45) is 0. The van der Waals surface area contributed by atoms with Gasteiger partial charge in [0.15, 0.2) is 0 Å². The number of hydrogen-bond donors (Lipinski definition) is 2. The lowest BCUT2D eigenvalue weighted by atomic mass is 10.1. The average molecular weight is 250 g/mol. The molecule has 0 saturated carbocycles. The number of ether oxygens (including phenoxy) is 1. The fourth-order valence-corrected chi connectivity index (χ4v) is 2.07. The normalized spacial score (nSPS) is 19.9. The zero-order chi connectivity index (χ0) is 13.1. The molecule has 3 N–H and O–H groups in total. The largest absolute Gasteiger partial charge is 0.508 e. The van der Waals surface area contributed by atoms with Crippen LogP contribution in [-0.4, -0.2) is 48.3 Å². The number of benzene rings is 1. The second-order valence-corrected chi connectivity index (χ2v) is 4.46. The van der Waals surface area contributed by atoms with Gasteiger partial charge in [0.1, 0.15) is 5.75 Å². The molecule has 1 aromatic rings. The number of rotatable bonds is 2. The van der Waals surface area contributed by atoms with Crippen molar-refractivity contribution in [3.05, 3.63) is 29.3 Å². The first kappa shape index (κ1) is 12.9. The number of aryl methyl sites for hydroxylation is 1. The van der Waals surface area contributed by atoms with Gasteiger partial charge in [0.2, 0.25) is 0 Å². The number of morpholine rings is 1. The number of amides is 1. The van der Waals surface area contributed by atoms with Gasteiger partial charge in [-0.1, -0.05) is 0 Å². The van der Waals surface area contributed by atoms with Gasteiger partial charge in [-0.15, -0.1) is 0 Å². The maximum absolute atomic E-state index is 12.4. The van der Waals surface area contributed by atoms with Crippen molar-refractivity contribution < 1.29 is 14.6 Å². The summed E-state index contributed by atoms with van der Waals surface area (Å²) in [4.78, 5) is 14.1. The molecule has 1 aliphatic rings. The minimum atomic E-state index is -0.0691. The lowest BCUT2D eigenvalue weighted by Crippen LogP contribution is -2.52. The van der Waals surface area contributed by atoms with Gasteiger partial charge < -0.3 is 20.5 Å². The molecule has 0 bridgehead atoms. The highest BCUT2D eigenvalue weighted by Crippen LogP contribution is 2.19. The Bertz CT molecular complexity index is 448. The molecule has 1 unspecified atom stereocenters. The lowest BCUT2D eigenvalue weighted by Gasteiger charge is -2.35. The van der Waals surface area contributed by atoms with Crippen LogP contribution < -0.4 is 5.73 Å². The van der Waals surface area contributed by atoms with E-state index in [1.54, 1.807) is 30.0 Å². The minimum absolute atomic E-state index is 0.0585. The Morgan fingerprint density at radius 2 is 2.39 bits per heavy atom. The number of nitrogens with zero attached hydrogens (tertiary/aromatic N) is 1. The van der Waals surface area contributed by atoms with Crippen molar-refractivity contribution in [3.8, 4) is 5.75 Å². The van der Waals surface area contributed by atoms with Gasteiger partial charge in [0.25, 0.3) is 5.91 Å². The molecule has 1 aromatic carbocycles. The van der Waals surface area contributed by atoms with Crippen LogP contribution >= 0.6 is 0 Å². The van der Waals surface area contributed by atoms with Gasteiger partial charge in [0, 0.05) is 18.7 Å². The zero-order valence-electron chi connectivity index (χ0n) is 10.4. The van der Waals surface area contributed by atoms with Crippen LogP contribution in [0.3, 0.4) is 0 Å². The van der Waals surface area contributed by atoms with Crippen LogP contribution in [-0.2, 0) is 4.74 Å². The fraction of sp³-hybridized carbons (Fsp3) is 0.462. The van der Waals surface area contributed by atoms with Crippen molar-refractivity contribution in [3.63, 3.8) is 0 Å². The summed E-state index contributed by atoms with van der Waals surface area (Å²) in [7, 11) is 0. The standard InChI is InChI=1S/C13H18N2O3/c1-9-6-10(2-3-12(9)16)13(17)15-4-5-18-8-11(15)7-14/h2-3,6,11,16H,4-5,7-8,14H2,1H3. The number of carbonyl (C=O) groups is 1. The molecular formula is C13H18N2O3.